The van der Waals surface area contributed by atoms with Crippen LogP contribution in [0.5, 0.6) is 5.75 Å². The van der Waals surface area contributed by atoms with Gasteiger partial charge in [0.15, 0.2) is 6.61 Å². The summed E-state index contributed by atoms with van der Waals surface area (Å²) < 4.78 is 5.69. The molecule has 3 rings (SSSR count). The van der Waals surface area contributed by atoms with Gasteiger partial charge in [-0.3, -0.25) is 4.79 Å². The first-order chi connectivity index (χ1) is 12.9. The Bertz CT molecular complexity index is 801. The number of nitrogens with zero attached hydrogens (tertiary/aromatic N) is 5. The summed E-state index contributed by atoms with van der Waals surface area (Å²) in [5, 5.41) is 0. The summed E-state index contributed by atoms with van der Waals surface area (Å²) in [6, 6.07) is 9.69. The van der Waals surface area contributed by atoms with E-state index in [2.05, 4.69) is 14.9 Å². The highest BCUT2D eigenvalue weighted by molar-refractivity contribution is 5.78. The third-order valence-electron chi connectivity index (χ3n) is 4.65. The van der Waals surface area contributed by atoms with E-state index in [4.69, 9.17) is 4.74 Å². The van der Waals surface area contributed by atoms with Crippen LogP contribution in [0, 0.1) is 13.8 Å². The number of benzene rings is 1. The van der Waals surface area contributed by atoms with E-state index in [-0.39, 0.29) is 12.5 Å². The minimum absolute atomic E-state index is 0.0112. The summed E-state index contributed by atoms with van der Waals surface area (Å²) in [6.45, 7) is 6.73. The van der Waals surface area contributed by atoms with Crippen LogP contribution in [0.2, 0.25) is 0 Å². The highest BCUT2D eigenvalue weighted by Gasteiger charge is 2.23. The first-order valence-electron chi connectivity index (χ1n) is 9.18. The van der Waals surface area contributed by atoms with E-state index in [1.807, 2.05) is 68.1 Å². The van der Waals surface area contributed by atoms with Gasteiger partial charge in [0.1, 0.15) is 11.6 Å². The molecule has 1 saturated heterocycles. The maximum absolute atomic E-state index is 12.5. The number of rotatable bonds is 5. The van der Waals surface area contributed by atoms with Crippen LogP contribution < -0.4 is 14.5 Å². The van der Waals surface area contributed by atoms with Crippen LogP contribution in [0.3, 0.4) is 0 Å². The molecule has 1 aromatic heterocycles. The molecule has 7 heteroatoms. The second-order valence-corrected chi connectivity index (χ2v) is 6.98. The van der Waals surface area contributed by atoms with Crippen molar-refractivity contribution in [2.75, 3.05) is 56.7 Å². The fourth-order valence-corrected chi connectivity index (χ4v) is 3.01. The molecule has 0 aliphatic carbocycles. The Balaban J connectivity index is 1.55. The molecule has 1 aliphatic rings. The van der Waals surface area contributed by atoms with Crippen molar-refractivity contribution in [1.82, 2.24) is 14.9 Å². The third kappa shape index (κ3) is 4.67. The van der Waals surface area contributed by atoms with Gasteiger partial charge in [-0.15, -0.1) is 0 Å². The predicted octanol–water partition coefficient (Wildman–Crippen LogP) is 1.89. The average Bonchev–Trinajstić information content (AvgIpc) is 2.66. The molecule has 144 valence electrons. The molecular formula is C20H27N5O2. The molecule has 1 aliphatic heterocycles. The minimum Gasteiger partial charge on any atom is -0.484 e. The third-order valence-corrected chi connectivity index (χ3v) is 4.65. The largest absolute Gasteiger partial charge is 0.484 e. The Morgan fingerprint density at radius 1 is 1.11 bits per heavy atom. The monoisotopic (exact) mass is 369 g/mol. The average molecular weight is 369 g/mol. The number of aromatic nitrogens is 2. The molecule has 0 unspecified atom stereocenters. The SMILES string of the molecule is Cc1cc(N(C)C)nc(N2CCN(C(=O)COc3ccccc3C)CC2)n1. The highest BCUT2D eigenvalue weighted by Crippen LogP contribution is 2.18. The molecular weight excluding hydrogens is 342 g/mol. The topological polar surface area (TPSA) is 61.8 Å². The highest BCUT2D eigenvalue weighted by atomic mass is 16.5. The zero-order valence-electron chi connectivity index (χ0n) is 16.5. The van der Waals surface area contributed by atoms with Gasteiger partial charge in [-0.25, -0.2) is 4.98 Å². The molecule has 27 heavy (non-hydrogen) atoms. The van der Waals surface area contributed by atoms with Gasteiger partial charge in [0.05, 0.1) is 0 Å². The van der Waals surface area contributed by atoms with Gasteiger partial charge in [0.25, 0.3) is 5.91 Å². The predicted molar refractivity (Wildman–Crippen MR) is 107 cm³/mol. The fourth-order valence-electron chi connectivity index (χ4n) is 3.01. The molecule has 1 fully saturated rings. The molecule has 0 radical (unpaired) electrons. The lowest BCUT2D eigenvalue weighted by atomic mass is 10.2. The van der Waals surface area contributed by atoms with Gasteiger partial charge in [0, 0.05) is 52.0 Å². The fraction of sp³-hybridized carbons (Fsp3) is 0.450. The number of ether oxygens (including phenoxy) is 1. The first kappa shape index (κ1) is 18.9. The van der Waals surface area contributed by atoms with Crippen molar-refractivity contribution in [3.63, 3.8) is 0 Å². The van der Waals surface area contributed by atoms with Gasteiger partial charge in [-0.2, -0.15) is 4.98 Å². The van der Waals surface area contributed by atoms with Crippen molar-refractivity contribution in [2.45, 2.75) is 13.8 Å². The van der Waals surface area contributed by atoms with Gasteiger partial charge < -0.3 is 19.4 Å². The maximum Gasteiger partial charge on any atom is 0.260 e. The van der Waals surface area contributed by atoms with E-state index in [1.54, 1.807) is 0 Å². The molecule has 2 aromatic rings. The number of para-hydroxylation sites is 1. The normalized spacial score (nSPS) is 14.2. The van der Waals surface area contributed by atoms with Gasteiger partial charge in [0.2, 0.25) is 5.95 Å². The van der Waals surface area contributed by atoms with Crippen molar-refractivity contribution in [3.8, 4) is 5.75 Å². The van der Waals surface area contributed by atoms with Crippen molar-refractivity contribution < 1.29 is 9.53 Å². The number of carbonyl (C=O) groups excluding carboxylic acids is 1. The number of hydrogen-bond acceptors (Lipinski definition) is 6. The lowest BCUT2D eigenvalue weighted by Crippen LogP contribution is -2.50. The van der Waals surface area contributed by atoms with Crippen molar-refractivity contribution in [2.24, 2.45) is 0 Å². The molecule has 0 atom stereocenters. The summed E-state index contributed by atoms with van der Waals surface area (Å²) in [7, 11) is 3.94. The Hall–Kier alpha value is -2.83. The molecule has 7 nitrogen and oxygen atoms in total. The Kier molecular flexibility index (Phi) is 5.78. The lowest BCUT2D eigenvalue weighted by Gasteiger charge is -2.35. The maximum atomic E-state index is 12.5. The van der Waals surface area contributed by atoms with Crippen LogP contribution in [0.25, 0.3) is 0 Å². The molecule has 0 saturated carbocycles. The van der Waals surface area contributed by atoms with Crippen LogP contribution in [0.4, 0.5) is 11.8 Å². The number of hydrogen-bond donors (Lipinski definition) is 0. The number of carbonyl (C=O) groups is 1. The van der Waals surface area contributed by atoms with E-state index in [9.17, 15) is 4.79 Å². The molecule has 0 N–H and O–H groups in total. The van der Waals surface area contributed by atoms with Crippen LogP contribution in [0.15, 0.2) is 30.3 Å². The summed E-state index contributed by atoms with van der Waals surface area (Å²) in [5.74, 6) is 2.38. The lowest BCUT2D eigenvalue weighted by molar-refractivity contribution is -0.133. The van der Waals surface area contributed by atoms with E-state index in [0.717, 1.165) is 28.8 Å². The van der Waals surface area contributed by atoms with Crippen LogP contribution in [0.1, 0.15) is 11.3 Å². The standard InChI is InChI=1S/C20H27N5O2/c1-15-7-5-6-8-17(15)27-14-19(26)24-9-11-25(12-10-24)20-21-16(2)13-18(22-20)23(3)4/h5-8,13H,9-12,14H2,1-4H3. The number of aryl methyl sites for hydroxylation is 2. The quantitative estimate of drug-likeness (QED) is 0.802. The molecule has 0 spiro atoms. The van der Waals surface area contributed by atoms with Gasteiger partial charge >= 0.3 is 0 Å². The van der Waals surface area contributed by atoms with Crippen molar-refractivity contribution in [1.29, 1.82) is 0 Å². The van der Waals surface area contributed by atoms with Crippen LogP contribution >= 0.6 is 0 Å². The van der Waals surface area contributed by atoms with E-state index < -0.39 is 0 Å². The van der Waals surface area contributed by atoms with E-state index in [0.29, 0.717) is 26.2 Å². The summed E-state index contributed by atoms with van der Waals surface area (Å²) in [6.07, 6.45) is 0. The van der Waals surface area contributed by atoms with Gasteiger partial charge in [-0.05, 0) is 25.5 Å². The Morgan fingerprint density at radius 2 is 1.81 bits per heavy atom. The molecule has 1 aromatic carbocycles. The molecule has 1 amide bonds. The number of amides is 1. The summed E-state index contributed by atoms with van der Waals surface area (Å²) in [5.41, 5.74) is 1.97. The van der Waals surface area contributed by atoms with Crippen LogP contribution in [-0.2, 0) is 4.79 Å². The summed E-state index contributed by atoms with van der Waals surface area (Å²) in [4.78, 5) is 27.6. The van der Waals surface area contributed by atoms with Crippen LogP contribution in [-0.4, -0.2) is 67.7 Å². The minimum atomic E-state index is 0.0112. The molecule has 2 heterocycles. The number of piperazine rings is 1. The van der Waals surface area contributed by atoms with E-state index in [1.165, 1.54) is 0 Å². The zero-order chi connectivity index (χ0) is 19.4. The second-order valence-electron chi connectivity index (χ2n) is 6.98. The van der Waals surface area contributed by atoms with E-state index >= 15 is 0 Å². The van der Waals surface area contributed by atoms with Crippen molar-refractivity contribution >= 4 is 17.7 Å². The van der Waals surface area contributed by atoms with Crippen molar-refractivity contribution in [3.05, 3.63) is 41.6 Å². The zero-order valence-corrected chi connectivity index (χ0v) is 16.5. The Morgan fingerprint density at radius 3 is 2.48 bits per heavy atom. The first-order valence-corrected chi connectivity index (χ1v) is 9.18. The number of anilines is 2. The second kappa shape index (κ2) is 8.24. The Labute approximate surface area is 160 Å². The molecule has 0 bridgehead atoms. The smallest absolute Gasteiger partial charge is 0.260 e. The summed E-state index contributed by atoms with van der Waals surface area (Å²) >= 11 is 0. The van der Waals surface area contributed by atoms with Gasteiger partial charge in [-0.1, -0.05) is 18.2 Å².